The molecule has 0 saturated heterocycles. The van der Waals surface area contributed by atoms with E-state index in [2.05, 4.69) is 64.5 Å². The third-order valence-corrected chi connectivity index (χ3v) is 5.74. The van der Waals surface area contributed by atoms with Crippen LogP contribution in [0.5, 0.6) is 5.88 Å². The number of aryl methyl sites for hydroxylation is 3. The lowest BCUT2D eigenvalue weighted by atomic mass is 9.98. The van der Waals surface area contributed by atoms with Gasteiger partial charge < -0.3 is 14.6 Å². The molecule has 1 N–H and O–H groups in total. The van der Waals surface area contributed by atoms with Crippen molar-refractivity contribution in [2.24, 2.45) is 0 Å². The summed E-state index contributed by atoms with van der Waals surface area (Å²) in [5.41, 5.74) is 7.97. The Balaban J connectivity index is 1.60. The van der Waals surface area contributed by atoms with Gasteiger partial charge in [-0.3, -0.25) is 0 Å². The Morgan fingerprint density at radius 1 is 0.969 bits per heavy atom. The second-order valence-electron chi connectivity index (χ2n) is 8.06. The average Bonchev–Trinajstić information content (AvgIpc) is 3.22. The number of nitrogens with one attached hydrogen (secondary N) is 1. The van der Waals surface area contributed by atoms with Crippen LogP contribution in [0.1, 0.15) is 40.9 Å². The van der Waals surface area contributed by atoms with Crippen molar-refractivity contribution in [3.8, 4) is 23.0 Å². The maximum absolute atomic E-state index is 5.53. The first kappa shape index (κ1) is 21.5. The predicted molar refractivity (Wildman–Crippen MR) is 126 cm³/mol. The molecule has 4 aromatic rings. The van der Waals surface area contributed by atoms with E-state index in [9.17, 15) is 0 Å². The molecule has 3 aromatic heterocycles. The molecular weight excluding hydrogens is 400 g/mol. The van der Waals surface area contributed by atoms with Gasteiger partial charge in [-0.15, -0.1) is 10.2 Å². The molecule has 0 amide bonds. The van der Waals surface area contributed by atoms with E-state index in [1.54, 1.807) is 13.4 Å². The minimum absolute atomic E-state index is 0.116. The van der Waals surface area contributed by atoms with Gasteiger partial charge >= 0.3 is 0 Å². The van der Waals surface area contributed by atoms with E-state index in [1.807, 2.05) is 42.8 Å². The van der Waals surface area contributed by atoms with Crippen LogP contribution in [0, 0.1) is 27.7 Å². The fraction of sp³-hybridized carbons (Fsp3) is 0.280. The number of nitrogens with zero attached hydrogens (tertiary/aromatic N) is 5. The van der Waals surface area contributed by atoms with Crippen molar-refractivity contribution in [2.45, 2.75) is 40.7 Å². The number of hydrogen-bond donors (Lipinski definition) is 1. The number of hydrogen-bond acceptors (Lipinski definition) is 6. The van der Waals surface area contributed by atoms with Gasteiger partial charge in [0.25, 0.3) is 0 Å². The number of rotatable bonds is 6. The number of imidazole rings is 1. The molecular formula is C25H28N6O. The Bertz CT molecular complexity index is 1260. The Hall–Kier alpha value is -3.74. The fourth-order valence-corrected chi connectivity index (χ4v) is 3.75. The second kappa shape index (κ2) is 8.78. The molecule has 0 aliphatic heterocycles. The van der Waals surface area contributed by atoms with Gasteiger partial charge in [0.05, 0.1) is 30.9 Å². The average molecular weight is 429 g/mol. The van der Waals surface area contributed by atoms with Gasteiger partial charge in [-0.05, 0) is 75.1 Å². The zero-order chi connectivity index (χ0) is 22.8. The van der Waals surface area contributed by atoms with Gasteiger partial charge in [-0.25, -0.2) is 9.97 Å². The van der Waals surface area contributed by atoms with Crippen molar-refractivity contribution < 1.29 is 4.74 Å². The van der Waals surface area contributed by atoms with Crippen molar-refractivity contribution in [3.63, 3.8) is 0 Å². The first-order valence-corrected chi connectivity index (χ1v) is 10.6. The number of ether oxygens (including phenoxy) is 1. The van der Waals surface area contributed by atoms with Crippen LogP contribution < -0.4 is 10.1 Å². The van der Waals surface area contributed by atoms with E-state index in [-0.39, 0.29) is 6.04 Å². The quantitative estimate of drug-likeness (QED) is 0.458. The SMILES string of the molecule is COc1nc(-c2cc(C)c(N[C@@H](C)c3cccc(C)c3C)nn2)ccc1-n1cnc(C)c1. The van der Waals surface area contributed by atoms with E-state index in [0.717, 1.165) is 22.8 Å². The molecule has 0 unspecified atom stereocenters. The topological polar surface area (TPSA) is 77.8 Å². The third kappa shape index (κ3) is 4.19. The standard InChI is InChI=1S/C25H28N6O/c1-15-8-7-9-20(18(15)4)19(5)27-24-16(2)12-22(29-30-24)21-10-11-23(25(28-21)32-6)31-13-17(3)26-14-31/h7-14,19H,1-6H3,(H,27,30)/t19-/m0/s1. The molecule has 1 atom stereocenters. The van der Waals surface area contributed by atoms with Crippen molar-refractivity contribution in [1.82, 2.24) is 24.7 Å². The summed E-state index contributed by atoms with van der Waals surface area (Å²) >= 11 is 0. The van der Waals surface area contributed by atoms with Crippen LogP contribution >= 0.6 is 0 Å². The zero-order valence-corrected chi connectivity index (χ0v) is 19.3. The highest BCUT2D eigenvalue weighted by Gasteiger charge is 2.15. The molecule has 0 saturated carbocycles. The number of aromatic nitrogens is 5. The minimum atomic E-state index is 0.116. The molecule has 0 fully saturated rings. The number of methoxy groups -OCH3 is 1. The van der Waals surface area contributed by atoms with Crippen LogP contribution in [0.2, 0.25) is 0 Å². The monoisotopic (exact) mass is 428 g/mol. The molecule has 7 heteroatoms. The molecule has 0 aliphatic carbocycles. The molecule has 1 aromatic carbocycles. The zero-order valence-electron chi connectivity index (χ0n) is 19.3. The summed E-state index contributed by atoms with van der Waals surface area (Å²) in [5.74, 6) is 1.27. The first-order valence-electron chi connectivity index (χ1n) is 10.6. The summed E-state index contributed by atoms with van der Waals surface area (Å²) in [5, 5.41) is 12.4. The molecule has 0 aliphatic rings. The highest BCUT2D eigenvalue weighted by Crippen LogP contribution is 2.28. The summed E-state index contributed by atoms with van der Waals surface area (Å²) in [6, 6.07) is 12.4. The van der Waals surface area contributed by atoms with E-state index < -0.39 is 0 Å². The van der Waals surface area contributed by atoms with Crippen molar-refractivity contribution in [1.29, 1.82) is 0 Å². The Morgan fingerprint density at radius 2 is 1.78 bits per heavy atom. The van der Waals surface area contributed by atoms with Gasteiger partial charge in [-0.1, -0.05) is 18.2 Å². The maximum atomic E-state index is 5.53. The predicted octanol–water partition coefficient (Wildman–Crippen LogP) is 5.14. The normalized spacial score (nSPS) is 11.9. The van der Waals surface area contributed by atoms with E-state index >= 15 is 0 Å². The number of anilines is 1. The van der Waals surface area contributed by atoms with Gasteiger partial charge in [0.15, 0.2) is 5.82 Å². The molecule has 0 radical (unpaired) electrons. The van der Waals surface area contributed by atoms with E-state index in [0.29, 0.717) is 17.3 Å². The van der Waals surface area contributed by atoms with E-state index in [1.165, 1.54) is 16.7 Å². The second-order valence-corrected chi connectivity index (χ2v) is 8.06. The Morgan fingerprint density at radius 3 is 2.47 bits per heavy atom. The molecule has 7 nitrogen and oxygen atoms in total. The Kier molecular flexibility index (Phi) is 5.90. The Labute approximate surface area is 188 Å². The van der Waals surface area contributed by atoms with Crippen LogP contribution in [-0.2, 0) is 0 Å². The van der Waals surface area contributed by atoms with E-state index in [4.69, 9.17) is 4.74 Å². The van der Waals surface area contributed by atoms with Crippen molar-refractivity contribution >= 4 is 5.82 Å². The molecule has 3 heterocycles. The number of pyridine rings is 1. The first-order chi connectivity index (χ1) is 15.4. The smallest absolute Gasteiger partial charge is 0.238 e. The summed E-state index contributed by atoms with van der Waals surface area (Å²) in [6.07, 6.45) is 3.68. The number of benzene rings is 1. The van der Waals surface area contributed by atoms with Crippen LogP contribution in [0.3, 0.4) is 0 Å². The van der Waals surface area contributed by atoms with Crippen molar-refractivity contribution in [2.75, 3.05) is 12.4 Å². The lowest BCUT2D eigenvalue weighted by molar-refractivity contribution is 0.396. The van der Waals surface area contributed by atoms with Gasteiger partial charge in [0.2, 0.25) is 5.88 Å². The highest BCUT2D eigenvalue weighted by atomic mass is 16.5. The molecule has 4 rings (SSSR count). The van der Waals surface area contributed by atoms with Gasteiger partial charge in [-0.2, -0.15) is 0 Å². The summed E-state index contributed by atoms with van der Waals surface area (Å²) in [4.78, 5) is 8.93. The summed E-state index contributed by atoms with van der Waals surface area (Å²) < 4.78 is 7.42. The highest BCUT2D eigenvalue weighted by molar-refractivity contribution is 5.61. The van der Waals surface area contributed by atoms with Crippen LogP contribution in [0.4, 0.5) is 5.82 Å². The fourth-order valence-electron chi connectivity index (χ4n) is 3.75. The van der Waals surface area contributed by atoms with Crippen LogP contribution in [-0.4, -0.2) is 31.8 Å². The minimum Gasteiger partial charge on any atom is -0.479 e. The lowest BCUT2D eigenvalue weighted by Crippen LogP contribution is -2.12. The molecule has 32 heavy (non-hydrogen) atoms. The largest absolute Gasteiger partial charge is 0.479 e. The third-order valence-electron chi connectivity index (χ3n) is 5.74. The molecule has 0 spiro atoms. The molecule has 164 valence electrons. The van der Waals surface area contributed by atoms with Gasteiger partial charge in [0.1, 0.15) is 11.4 Å². The molecule has 0 bridgehead atoms. The maximum Gasteiger partial charge on any atom is 0.238 e. The summed E-state index contributed by atoms with van der Waals surface area (Å²) in [7, 11) is 1.61. The summed E-state index contributed by atoms with van der Waals surface area (Å²) in [6.45, 7) is 10.4. The van der Waals surface area contributed by atoms with Crippen LogP contribution in [0.25, 0.3) is 17.1 Å². The van der Waals surface area contributed by atoms with Crippen molar-refractivity contribution in [3.05, 3.63) is 76.9 Å². The lowest BCUT2D eigenvalue weighted by Gasteiger charge is -2.19. The van der Waals surface area contributed by atoms with Crippen LogP contribution in [0.15, 0.2) is 48.9 Å². The van der Waals surface area contributed by atoms with Gasteiger partial charge in [0, 0.05) is 6.20 Å².